The molecule has 0 spiro atoms. The molecule has 2 aromatic heterocycles. The molecule has 0 aliphatic carbocycles. The molecule has 0 saturated carbocycles. The normalized spacial score (nSPS) is 10.7. The molecule has 0 atom stereocenters. The van der Waals surface area contributed by atoms with Crippen molar-refractivity contribution in [3.63, 3.8) is 0 Å². The predicted molar refractivity (Wildman–Crippen MR) is 80.7 cm³/mol. The monoisotopic (exact) mass is 264 g/mol. The fourth-order valence-corrected chi connectivity index (χ4v) is 2.17. The maximum absolute atomic E-state index is 6.09. The standard InChI is InChI=1S/C16H16N4/c1-11-4-3-5-13(8-11)16-14(17)10-20(19-16)15-9-12(2)6-7-18-15/h3-10H,17H2,1-2H3. The second-order valence-corrected chi connectivity index (χ2v) is 4.94. The average Bonchev–Trinajstić information content (AvgIpc) is 2.81. The quantitative estimate of drug-likeness (QED) is 0.773. The van der Waals surface area contributed by atoms with Crippen molar-refractivity contribution in [3.8, 4) is 17.1 Å². The van der Waals surface area contributed by atoms with Gasteiger partial charge in [0, 0.05) is 11.8 Å². The Morgan fingerprint density at radius 1 is 1.05 bits per heavy atom. The van der Waals surface area contributed by atoms with Gasteiger partial charge < -0.3 is 5.73 Å². The number of aromatic nitrogens is 3. The average molecular weight is 264 g/mol. The molecule has 0 saturated heterocycles. The number of benzene rings is 1. The van der Waals surface area contributed by atoms with Crippen molar-refractivity contribution in [3.05, 3.63) is 59.9 Å². The van der Waals surface area contributed by atoms with Crippen LogP contribution >= 0.6 is 0 Å². The molecule has 0 fully saturated rings. The summed E-state index contributed by atoms with van der Waals surface area (Å²) >= 11 is 0. The molecule has 0 aliphatic heterocycles. The minimum absolute atomic E-state index is 0.652. The van der Waals surface area contributed by atoms with Crippen molar-refractivity contribution in [1.29, 1.82) is 0 Å². The van der Waals surface area contributed by atoms with Crippen LogP contribution in [0.1, 0.15) is 11.1 Å². The van der Waals surface area contributed by atoms with E-state index in [1.165, 1.54) is 5.56 Å². The van der Waals surface area contributed by atoms with Crippen LogP contribution in [0.3, 0.4) is 0 Å². The zero-order valence-electron chi connectivity index (χ0n) is 11.5. The highest BCUT2D eigenvalue weighted by molar-refractivity contribution is 5.72. The number of nitrogens with zero attached hydrogens (tertiary/aromatic N) is 3. The van der Waals surface area contributed by atoms with Gasteiger partial charge in [-0.3, -0.25) is 0 Å². The lowest BCUT2D eigenvalue weighted by atomic mass is 10.1. The summed E-state index contributed by atoms with van der Waals surface area (Å²) in [5, 5.41) is 4.56. The number of hydrogen-bond donors (Lipinski definition) is 1. The number of nitrogen functional groups attached to an aromatic ring is 1. The van der Waals surface area contributed by atoms with E-state index >= 15 is 0 Å². The first-order chi connectivity index (χ1) is 9.63. The Labute approximate surface area is 117 Å². The Morgan fingerprint density at radius 2 is 1.85 bits per heavy atom. The fraction of sp³-hybridized carbons (Fsp3) is 0.125. The number of rotatable bonds is 2. The van der Waals surface area contributed by atoms with Gasteiger partial charge in [0.15, 0.2) is 5.82 Å². The molecule has 3 aromatic rings. The minimum atomic E-state index is 0.652. The van der Waals surface area contributed by atoms with Crippen LogP contribution in [0.25, 0.3) is 17.1 Å². The van der Waals surface area contributed by atoms with Crippen molar-refractivity contribution in [2.75, 3.05) is 5.73 Å². The van der Waals surface area contributed by atoms with Crippen molar-refractivity contribution < 1.29 is 0 Å². The van der Waals surface area contributed by atoms with Gasteiger partial charge in [0.05, 0.1) is 11.9 Å². The summed E-state index contributed by atoms with van der Waals surface area (Å²) in [5.41, 5.74) is 10.9. The van der Waals surface area contributed by atoms with Crippen LogP contribution in [0, 0.1) is 13.8 Å². The lowest BCUT2D eigenvalue weighted by Crippen LogP contribution is -1.98. The van der Waals surface area contributed by atoms with Gasteiger partial charge in [0.25, 0.3) is 0 Å². The van der Waals surface area contributed by atoms with Crippen LogP contribution in [0.15, 0.2) is 48.8 Å². The SMILES string of the molecule is Cc1cccc(-c2nn(-c3cc(C)ccn3)cc2N)c1. The van der Waals surface area contributed by atoms with Gasteiger partial charge >= 0.3 is 0 Å². The summed E-state index contributed by atoms with van der Waals surface area (Å²) in [6.45, 7) is 4.08. The summed E-state index contributed by atoms with van der Waals surface area (Å²) in [6.07, 6.45) is 3.58. The molecule has 4 heteroatoms. The minimum Gasteiger partial charge on any atom is -0.396 e. The van der Waals surface area contributed by atoms with Gasteiger partial charge in [0.2, 0.25) is 0 Å². The molecule has 0 radical (unpaired) electrons. The number of pyridine rings is 1. The van der Waals surface area contributed by atoms with Crippen LogP contribution in [-0.2, 0) is 0 Å². The third-order valence-corrected chi connectivity index (χ3v) is 3.17. The Balaban J connectivity index is 2.08. The molecular weight excluding hydrogens is 248 g/mol. The second kappa shape index (κ2) is 4.81. The van der Waals surface area contributed by atoms with Gasteiger partial charge in [-0.25, -0.2) is 9.67 Å². The van der Waals surface area contributed by atoms with Crippen LogP contribution in [0.5, 0.6) is 0 Å². The third-order valence-electron chi connectivity index (χ3n) is 3.17. The number of nitrogens with two attached hydrogens (primary N) is 1. The van der Waals surface area contributed by atoms with E-state index in [1.807, 2.05) is 31.2 Å². The first-order valence-corrected chi connectivity index (χ1v) is 6.49. The molecule has 20 heavy (non-hydrogen) atoms. The Bertz CT molecular complexity index is 759. The van der Waals surface area contributed by atoms with E-state index in [-0.39, 0.29) is 0 Å². The zero-order chi connectivity index (χ0) is 14.1. The van der Waals surface area contributed by atoms with Crippen LogP contribution in [-0.4, -0.2) is 14.8 Å². The molecule has 4 nitrogen and oxygen atoms in total. The summed E-state index contributed by atoms with van der Waals surface area (Å²) in [5.74, 6) is 0.774. The molecule has 1 aromatic carbocycles. The molecule has 0 bridgehead atoms. The first kappa shape index (κ1) is 12.4. The van der Waals surface area contributed by atoms with E-state index in [0.717, 1.165) is 22.6 Å². The molecule has 0 amide bonds. The van der Waals surface area contributed by atoms with Gasteiger partial charge in [-0.05, 0) is 37.6 Å². The van der Waals surface area contributed by atoms with Crippen LogP contribution in [0.2, 0.25) is 0 Å². The van der Waals surface area contributed by atoms with Crippen LogP contribution < -0.4 is 5.73 Å². The summed E-state index contributed by atoms with van der Waals surface area (Å²) in [6, 6.07) is 12.1. The van der Waals surface area contributed by atoms with E-state index in [2.05, 4.69) is 29.1 Å². The Kier molecular flexibility index (Phi) is 2.99. The largest absolute Gasteiger partial charge is 0.396 e. The Morgan fingerprint density at radius 3 is 2.60 bits per heavy atom. The highest BCUT2D eigenvalue weighted by Gasteiger charge is 2.10. The van der Waals surface area contributed by atoms with Gasteiger partial charge in [-0.1, -0.05) is 23.8 Å². The molecule has 100 valence electrons. The van der Waals surface area contributed by atoms with E-state index < -0.39 is 0 Å². The maximum Gasteiger partial charge on any atom is 0.153 e. The highest BCUT2D eigenvalue weighted by atomic mass is 15.3. The van der Waals surface area contributed by atoms with E-state index in [1.54, 1.807) is 17.1 Å². The summed E-state index contributed by atoms with van der Waals surface area (Å²) < 4.78 is 1.72. The van der Waals surface area contributed by atoms with Gasteiger partial charge in [-0.15, -0.1) is 0 Å². The Hall–Kier alpha value is -2.62. The van der Waals surface area contributed by atoms with Crippen molar-refractivity contribution in [2.45, 2.75) is 13.8 Å². The maximum atomic E-state index is 6.09. The van der Waals surface area contributed by atoms with Gasteiger partial charge in [-0.2, -0.15) is 5.10 Å². The zero-order valence-corrected chi connectivity index (χ0v) is 11.5. The third kappa shape index (κ3) is 2.28. The lowest BCUT2D eigenvalue weighted by Gasteiger charge is -2.01. The van der Waals surface area contributed by atoms with E-state index in [4.69, 9.17) is 5.73 Å². The smallest absolute Gasteiger partial charge is 0.153 e. The molecular formula is C16H16N4. The molecule has 0 unspecified atom stereocenters. The lowest BCUT2D eigenvalue weighted by molar-refractivity contribution is 0.848. The van der Waals surface area contributed by atoms with Crippen LogP contribution in [0.4, 0.5) is 5.69 Å². The number of hydrogen-bond acceptors (Lipinski definition) is 3. The summed E-state index contributed by atoms with van der Waals surface area (Å²) in [4.78, 5) is 4.32. The topological polar surface area (TPSA) is 56.7 Å². The van der Waals surface area contributed by atoms with E-state index in [0.29, 0.717) is 5.69 Å². The first-order valence-electron chi connectivity index (χ1n) is 6.49. The second-order valence-electron chi connectivity index (χ2n) is 4.94. The van der Waals surface area contributed by atoms with Crippen molar-refractivity contribution in [2.24, 2.45) is 0 Å². The van der Waals surface area contributed by atoms with Crippen molar-refractivity contribution in [1.82, 2.24) is 14.8 Å². The predicted octanol–water partition coefficient (Wildman–Crippen LogP) is 3.13. The number of anilines is 1. The van der Waals surface area contributed by atoms with Gasteiger partial charge in [0.1, 0.15) is 5.69 Å². The van der Waals surface area contributed by atoms with E-state index in [9.17, 15) is 0 Å². The highest BCUT2D eigenvalue weighted by Crippen LogP contribution is 2.25. The molecule has 3 rings (SSSR count). The molecule has 2 N–H and O–H groups in total. The molecule has 0 aliphatic rings. The number of aryl methyl sites for hydroxylation is 2. The summed E-state index contributed by atoms with van der Waals surface area (Å²) in [7, 11) is 0. The van der Waals surface area contributed by atoms with Crippen molar-refractivity contribution >= 4 is 5.69 Å². The fourth-order valence-electron chi connectivity index (χ4n) is 2.17. The molecule has 2 heterocycles.